The predicted molar refractivity (Wildman–Crippen MR) is 55.3 cm³/mol. The molecule has 13 heavy (non-hydrogen) atoms. The molecule has 0 amide bonds. The van der Waals surface area contributed by atoms with E-state index < -0.39 is 0 Å². The van der Waals surface area contributed by atoms with Crippen molar-refractivity contribution in [3.05, 3.63) is 28.2 Å². The Balaban J connectivity index is 2.89. The van der Waals surface area contributed by atoms with Crippen molar-refractivity contribution in [2.45, 2.75) is 6.42 Å². The summed E-state index contributed by atoms with van der Waals surface area (Å²) >= 11 is 8.57. The molecule has 1 aromatic carbocycles. The monoisotopic (exact) mass is 262 g/mol. The van der Waals surface area contributed by atoms with E-state index in [9.17, 15) is 4.79 Å². The first-order valence-corrected chi connectivity index (χ1v) is 4.81. The Labute approximate surface area is 90.0 Å². The largest absolute Gasteiger partial charge is 0.496 e. The maximum absolute atomic E-state index is 10.6. The number of methoxy groups -OCH3 is 1. The van der Waals surface area contributed by atoms with Crippen molar-refractivity contribution in [3.63, 3.8) is 0 Å². The van der Waals surface area contributed by atoms with Crippen molar-refractivity contribution >= 4 is 32.8 Å². The van der Waals surface area contributed by atoms with Crippen LogP contribution in [0.2, 0.25) is 0 Å². The van der Waals surface area contributed by atoms with Crippen molar-refractivity contribution in [1.29, 1.82) is 0 Å². The van der Waals surface area contributed by atoms with Crippen LogP contribution in [0.5, 0.6) is 5.75 Å². The molecule has 70 valence electrons. The molecule has 0 aliphatic heterocycles. The first kappa shape index (κ1) is 10.5. The van der Waals surface area contributed by atoms with Gasteiger partial charge in [-0.2, -0.15) is 0 Å². The fraction of sp³-hybridized carbons (Fsp3) is 0.222. The van der Waals surface area contributed by atoms with E-state index in [1.54, 1.807) is 13.2 Å². The number of benzene rings is 1. The molecule has 0 heterocycles. The maximum atomic E-state index is 10.6. The molecule has 0 spiro atoms. The third-order valence-electron chi connectivity index (χ3n) is 1.56. The van der Waals surface area contributed by atoms with Gasteiger partial charge in [0.15, 0.2) is 0 Å². The summed E-state index contributed by atoms with van der Waals surface area (Å²) in [6, 6.07) is 5.42. The van der Waals surface area contributed by atoms with Crippen molar-refractivity contribution in [3.8, 4) is 5.75 Å². The lowest BCUT2D eigenvalue weighted by Crippen LogP contribution is -1.94. The number of carbonyl (C=O) groups excluding carboxylic acids is 1. The van der Waals surface area contributed by atoms with Gasteiger partial charge >= 0.3 is 0 Å². The van der Waals surface area contributed by atoms with Crippen LogP contribution in [0.1, 0.15) is 5.56 Å². The minimum Gasteiger partial charge on any atom is -0.496 e. The number of hydrogen-bond acceptors (Lipinski definition) is 2. The van der Waals surface area contributed by atoms with Crippen LogP contribution in [0.15, 0.2) is 22.7 Å². The van der Waals surface area contributed by atoms with Gasteiger partial charge in [-0.25, -0.2) is 0 Å². The van der Waals surface area contributed by atoms with Crippen LogP contribution in [0, 0.1) is 0 Å². The summed E-state index contributed by atoms with van der Waals surface area (Å²) in [5.41, 5.74) is 0.868. The quantitative estimate of drug-likeness (QED) is 0.784. The Morgan fingerprint density at radius 2 is 2.31 bits per heavy atom. The van der Waals surface area contributed by atoms with Gasteiger partial charge in [0.05, 0.1) is 11.6 Å². The molecule has 1 aromatic rings. The summed E-state index contributed by atoms with van der Waals surface area (Å²) < 4.78 is 5.86. The van der Waals surface area contributed by atoms with Crippen LogP contribution >= 0.6 is 27.5 Å². The third-order valence-corrected chi connectivity index (χ3v) is 2.31. The number of hydrogen-bond donors (Lipinski definition) is 0. The molecule has 0 unspecified atom stereocenters. The number of carbonyl (C=O) groups is 1. The van der Waals surface area contributed by atoms with Crippen LogP contribution in [-0.4, -0.2) is 12.4 Å². The lowest BCUT2D eigenvalue weighted by molar-refractivity contribution is -0.111. The third kappa shape index (κ3) is 3.01. The molecule has 0 radical (unpaired) electrons. The Bertz CT molecular complexity index is 325. The summed E-state index contributed by atoms with van der Waals surface area (Å²) in [5.74, 6) is 0.741. The highest BCUT2D eigenvalue weighted by Gasteiger charge is 2.03. The SMILES string of the molecule is COc1ccc(CC(=O)Cl)cc1Br. The summed E-state index contributed by atoms with van der Waals surface area (Å²) in [6.07, 6.45) is 0.240. The lowest BCUT2D eigenvalue weighted by atomic mass is 10.2. The highest BCUT2D eigenvalue weighted by Crippen LogP contribution is 2.25. The minimum absolute atomic E-state index is 0.240. The molecule has 0 bridgehead atoms. The second-order valence-electron chi connectivity index (χ2n) is 2.50. The van der Waals surface area contributed by atoms with Gasteiger partial charge in [-0.05, 0) is 45.2 Å². The normalized spacial score (nSPS) is 9.77. The Morgan fingerprint density at radius 1 is 1.62 bits per heavy atom. The average Bonchev–Trinajstić information content (AvgIpc) is 2.03. The Kier molecular flexibility index (Phi) is 3.75. The van der Waals surface area contributed by atoms with E-state index in [0.717, 1.165) is 15.8 Å². The van der Waals surface area contributed by atoms with Crippen molar-refractivity contribution in [1.82, 2.24) is 0 Å². The molecular weight excluding hydrogens is 255 g/mol. The zero-order chi connectivity index (χ0) is 9.84. The number of rotatable bonds is 3. The number of ether oxygens (including phenoxy) is 1. The van der Waals surface area contributed by atoms with Crippen LogP contribution in [0.25, 0.3) is 0 Å². The molecule has 0 fully saturated rings. The molecule has 0 N–H and O–H groups in total. The van der Waals surface area contributed by atoms with Crippen LogP contribution in [0.3, 0.4) is 0 Å². The molecule has 0 atom stereocenters. The molecule has 0 aliphatic carbocycles. The van der Waals surface area contributed by atoms with E-state index in [2.05, 4.69) is 15.9 Å². The molecule has 0 aromatic heterocycles. The van der Waals surface area contributed by atoms with E-state index >= 15 is 0 Å². The zero-order valence-corrected chi connectivity index (χ0v) is 9.35. The smallest absolute Gasteiger partial charge is 0.226 e. The second kappa shape index (κ2) is 4.63. The van der Waals surface area contributed by atoms with E-state index in [4.69, 9.17) is 16.3 Å². The van der Waals surface area contributed by atoms with Crippen LogP contribution in [0.4, 0.5) is 0 Å². The van der Waals surface area contributed by atoms with E-state index in [0.29, 0.717) is 0 Å². The van der Waals surface area contributed by atoms with Gasteiger partial charge in [0, 0.05) is 6.42 Å². The molecule has 0 saturated heterocycles. The highest BCUT2D eigenvalue weighted by molar-refractivity contribution is 9.10. The van der Waals surface area contributed by atoms with E-state index in [1.165, 1.54) is 0 Å². The first-order valence-electron chi connectivity index (χ1n) is 3.64. The van der Waals surface area contributed by atoms with Gasteiger partial charge in [0.1, 0.15) is 5.75 Å². The molecule has 2 nitrogen and oxygen atoms in total. The predicted octanol–water partition coefficient (Wildman–Crippen LogP) is 2.77. The topological polar surface area (TPSA) is 26.3 Å². The van der Waals surface area contributed by atoms with Crippen LogP contribution < -0.4 is 4.74 Å². The van der Waals surface area contributed by atoms with Crippen LogP contribution in [-0.2, 0) is 11.2 Å². The standard InChI is InChI=1S/C9H8BrClO2/c1-13-8-3-2-6(4-7(8)10)5-9(11)12/h2-4H,5H2,1H3. The van der Waals surface area contributed by atoms with Crippen molar-refractivity contribution in [2.24, 2.45) is 0 Å². The maximum Gasteiger partial charge on any atom is 0.226 e. The first-order chi connectivity index (χ1) is 6.13. The van der Waals surface area contributed by atoms with E-state index in [-0.39, 0.29) is 11.7 Å². The molecule has 0 saturated carbocycles. The summed E-state index contributed by atoms with van der Waals surface area (Å²) in [6.45, 7) is 0. The fourth-order valence-electron chi connectivity index (χ4n) is 0.980. The second-order valence-corrected chi connectivity index (χ2v) is 3.78. The summed E-state index contributed by atoms with van der Waals surface area (Å²) in [7, 11) is 1.59. The van der Waals surface area contributed by atoms with E-state index in [1.807, 2.05) is 12.1 Å². The van der Waals surface area contributed by atoms with Gasteiger partial charge in [0.2, 0.25) is 5.24 Å². The highest BCUT2D eigenvalue weighted by atomic mass is 79.9. The van der Waals surface area contributed by atoms with Crippen molar-refractivity contribution in [2.75, 3.05) is 7.11 Å². The molecule has 1 rings (SSSR count). The molecule has 4 heteroatoms. The average molecular weight is 264 g/mol. The Hall–Kier alpha value is -0.540. The van der Waals surface area contributed by atoms with Crippen molar-refractivity contribution < 1.29 is 9.53 Å². The minimum atomic E-state index is -0.364. The summed E-state index contributed by atoms with van der Waals surface area (Å²) in [4.78, 5) is 10.6. The molecule has 0 aliphatic rings. The van der Waals surface area contributed by atoms with Gasteiger partial charge in [-0.1, -0.05) is 6.07 Å². The number of halogens is 2. The summed E-state index contributed by atoms with van der Waals surface area (Å²) in [5, 5.41) is -0.364. The van der Waals surface area contributed by atoms with Gasteiger partial charge in [-0.15, -0.1) is 0 Å². The zero-order valence-electron chi connectivity index (χ0n) is 7.01. The Morgan fingerprint density at radius 3 is 2.77 bits per heavy atom. The van der Waals surface area contributed by atoms with Gasteiger partial charge in [0.25, 0.3) is 0 Å². The fourth-order valence-corrected chi connectivity index (χ4v) is 1.72. The molecular formula is C9H8BrClO2. The van der Waals surface area contributed by atoms with Gasteiger partial charge < -0.3 is 4.74 Å². The van der Waals surface area contributed by atoms with Gasteiger partial charge in [-0.3, -0.25) is 4.79 Å². The lowest BCUT2D eigenvalue weighted by Gasteiger charge is -2.04.